The van der Waals surface area contributed by atoms with Crippen LogP contribution in [0.1, 0.15) is 5.56 Å². The summed E-state index contributed by atoms with van der Waals surface area (Å²) >= 11 is 6.07. The standard InChI is InChI=1S/C18H21ClN2O2/c1-23-18-11-14(5-6-17(18)22)13-20-7-9-21(10-8-20)16-4-2-3-15(19)12-16/h2-6,11-12,22H,7-10,13H2,1H3. The molecule has 1 fully saturated rings. The number of aromatic hydroxyl groups is 1. The van der Waals surface area contributed by atoms with E-state index in [-0.39, 0.29) is 5.75 Å². The number of phenols is 1. The summed E-state index contributed by atoms with van der Waals surface area (Å²) < 4.78 is 5.17. The molecular formula is C18H21ClN2O2. The molecule has 0 unspecified atom stereocenters. The predicted molar refractivity (Wildman–Crippen MR) is 93.6 cm³/mol. The maximum Gasteiger partial charge on any atom is 0.160 e. The highest BCUT2D eigenvalue weighted by Gasteiger charge is 2.18. The van der Waals surface area contributed by atoms with Gasteiger partial charge in [0.15, 0.2) is 11.5 Å². The number of hydrogen-bond acceptors (Lipinski definition) is 4. The van der Waals surface area contributed by atoms with Crippen LogP contribution in [0.5, 0.6) is 11.5 Å². The number of piperazine rings is 1. The number of ether oxygens (including phenoxy) is 1. The largest absolute Gasteiger partial charge is 0.504 e. The quantitative estimate of drug-likeness (QED) is 0.931. The molecule has 0 saturated carbocycles. The lowest BCUT2D eigenvalue weighted by Crippen LogP contribution is -2.45. The minimum Gasteiger partial charge on any atom is -0.504 e. The minimum atomic E-state index is 0.182. The summed E-state index contributed by atoms with van der Waals surface area (Å²) in [5.41, 5.74) is 2.33. The van der Waals surface area contributed by atoms with Gasteiger partial charge in [-0.2, -0.15) is 0 Å². The molecule has 1 N–H and O–H groups in total. The second kappa shape index (κ2) is 7.11. The average Bonchev–Trinajstić information content (AvgIpc) is 2.57. The van der Waals surface area contributed by atoms with Crippen LogP contribution in [0.4, 0.5) is 5.69 Å². The number of nitrogens with zero attached hydrogens (tertiary/aromatic N) is 2. The van der Waals surface area contributed by atoms with Gasteiger partial charge in [0.1, 0.15) is 0 Å². The van der Waals surface area contributed by atoms with Crippen LogP contribution in [0, 0.1) is 0 Å². The first-order valence-electron chi connectivity index (χ1n) is 7.74. The van der Waals surface area contributed by atoms with Gasteiger partial charge >= 0.3 is 0 Å². The lowest BCUT2D eigenvalue weighted by Gasteiger charge is -2.36. The summed E-state index contributed by atoms with van der Waals surface area (Å²) in [4.78, 5) is 4.77. The van der Waals surface area contributed by atoms with Crippen molar-refractivity contribution < 1.29 is 9.84 Å². The van der Waals surface area contributed by atoms with Crippen molar-refractivity contribution in [3.63, 3.8) is 0 Å². The van der Waals surface area contributed by atoms with Gasteiger partial charge in [-0.05, 0) is 35.9 Å². The number of methoxy groups -OCH3 is 1. The fraction of sp³-hybridized carbons (Fsp3) is 0.333. The van der Waals surface area contributed by atoms with Gasteiger partial charge in [0.25, 0.3) is 0 Å². The van der Waals surface area contributed by atoms with Crippen LogP contribution in [-0.2, 0) is 6.54 Å². The molecule has 1 aliphatic heterocycles. The molecule has 2 aromatic rings. The Morgan fingerprint density at radius 3 is 2.57 bits per heavy atom. The van der Waals surface area contributed by atoms with Crippen LogP contribution < -0.4 is 9.64 Å². The molecule has 0 aromatic heterocycles. The van der Waals surface area contributed by atoms with Crippen molar-refractivity contribution in [3.05, 3.63) is 53.1 Å². The Balaban J connectivity index is 1.59. The lowest BCUT2D eigenvalue weighted by molar-refractivity contribution is 0.249. The molecule has 1 saturated heterocycles. The Labute approximate surface area is 141 Å². The summed E-state index contributed by atoms with van der Waals surface area (Å²) in [7, 11) is 1.57. The van der Waals surface area contributed by atoms with E-state index in [0.29, 0.717) is 5.75 Å². The maximum atomic E-state index is 9.67. The summed E-state index contributed by atoms with van der Waals surface area (Å²) in [6, 6.07) is 13.6. The Morgan fingerprint density at radius 1 is 1.09 bits per heavy atom. The summed E-state index contributed by atoms with van der Waals surface area (Å²) in [5, 5.41) is 10.4. The van der Waals surface area contributed by atoms with Crippen LogP contribution in [0.2, 0.25) is 5.02 Å². The van der Waals surface area contributed by atoms with Gasteiger partial charge in [-0.3, -0.25) is 4.90 Å². The maximum absolute atomic E-state index is 9.67. The smallest absolute Gasteiger partial charge is 0.160 e. The van der Waals surface area contributed by atoms with Gasteiger partial charge < -0.3 is 14.7 Å². The number of benzene rings is 2. The first-order valence-corrected chi connectivity index (χ1v) is 8.12. The van der Waals surface area contributed by atoms with E-state index in [1.54, 1.807) is 13.2 Å². The molecule has 0 bridgehead atoms. The van der Waals surface area contributed by atoms with Crippen molar-refractivity contribution in [1.82, 2.24) is 4.90 Å². The first kappa shape index (κ1) is 16.0. The van der Waals surface area contributed by atoms with Crippen molar-refractivity contribution in [3.8, 4) is 11.5 Å². The fourth-order valence-electron chi connectivity index (χ4n) is 2.92. The van der Waals surface area contributed by atoms with Crippen molar-refractivity contribution >= 4 is 17.3 Å². The second-order valence-corrected chi connectivity index (χ2v) is 6.19. The zero-order valence-corrected chi connectivity index (χ0v) is 14.0. The van der Waals surface area contributed by atoms with Gasteiger partial charge in [0.2, 0.25) is 0 Å². The van der Waals surface area contributed by atoms with Crippen molar-refractivity contribution in [2.24, 2.45) is 0 Å². The number of anilines is 1. The molecule has 2 aromatic carbocycles. The number of hydrogen-bond donors (Lipinski definition) is 1. The van der Waals surface area contributed by atoms with E-state index in [1.165, 1.54) is 5.69 Å². The lowest BCUT2D eigenvalue weighted by atomic mass is 10.1. The third-order valence-electron chi connectivity index (χ3n) is 4.20. The molecule has 0 atom stereocenters. The molecule has 0 spiro atoms. The zero-order chi connectivity index (χ0) is 16.2. The monoisotopic (exact) mass is 332 g/mol. The van der Waals surface area contributed by atoms with E-state index in [0.717, 1.165) is 43.3 Å². The summed E-state index contributed by atoms with van der Waals surface area (Å²) in [6.45, 7) is 4.82. The third-order valence-corrected chi connectivity index (χ3v) is 4.43. The highest BCUT2D eigenvalue weighted by Crippen LogP contribution is 2.27. The van der Waals surface area contributed by atoms with Crippen molar-refractivity contribution in [1.29, 1.82) is 0 Å². The number of halogens is 1. The van der Waals surface area contributed by atoms with Gasteiger partial charge in [-0.15, -0.1) is 0 Å². The van der Waals surface area contributed by atoms with Crippen molar-refractivity contribution in [2.45, 2.75) is 6.54 Å². The Morgan fingerprint density at radius 2 is 1.87 bits per heavy atom. The molecule has 0 radical (unpaired) electrons. The predicted octanol–water partition coefficient (Wildman–Crippen LogP) is 3.38. The zero-order valence-electron chi connectivity index (χ0n) is 13.2. The minimum absolute atomic E-state index is 0.182. The normalized spacial score (nSPS) is 15.7. The highest BCUT2D eigenvalue weighted by atomic mass is 35.5. The van der Waals surface area contributed by atoms with Crippen molar-refractivity contribution in [2.75, 3.05) is 38.2 Å². The van der Waals surface area contributed by atoms with E-state index >= 15 is 0 Å². The molecule has 1 heterocycles. The van der Waals surface area contributed by atoms with Gasteiger partial charge in [0.05, 0.1) is 7.11 Å². The fourth-order valence-corrected chi connectivity index (χ4v) is 3.10. The molecule has 122 valence electrons. The molecule has 23 heavy (non-hydrogen) atoms. The van der Waals surface area contributed by atoms with Crippen LogP contribution in [0.3, 0.4) is 0 Å². The Hall–Kier alpha value is -1.91. The SMILES string of the molecule is COc1cc(CN2CCN(c3cccc(Cl)c3)CC2)ccc1O. The van der Waals surface area contributed by atoms with Crippen LogP contribution in [-0.4, -0.2) is 43.3 Å². The molecule has 3 rings (SSSR count). The first-order chi connectivity index (χ1) is 11.2. The van der Waals surface area contributed by atoms with E-state index in [4.69, 9.17) is 16.3 Å². The van der Waals surface area contributed by atoms with Gasteiger partial charge in [-0.25, -0.2) is 0 Å². The number of rotatable bonds is 4. The van der Waals surface area contributed by atoms with E-state index in [2.05, 4.69) is 15.9 Å². The molecule has 1 aliphatic rings. The van der Waals surface area contributed by atoms with E-state index in [1.807, 2.05) is 30.3 Å². The number of phenolic OH excluding ortho intramolecular Hbond substituents is 1. The molecule has 5 heteroatoms. The molecule has 4 nitrogen and oxygen atoms in total. The third kappa shape index (κ3) is 3.89. The average molecular weight is 333 g/mol. The molecule has 0 aliphatic carbocycles. The van der Waals surface area contributed by atoms with Gasteiger partial charge in [-0.1, -0.05) is 23.7 Å². The molecular weight excluding hydrogens is 312 g/mol. The highest BCUT2D eigenvalue weighted by molar-refractivity contribution is 6.30. The van der Waals surface area contributed by atoms with Crippen LogP contribution in [0.15, 0.2) is 42.5 Å². The van der Waals surface area contributed by atoms with E-state index in [9.17, 15) is 5.11 Å². The Bertz CT molecular complexity index is 670. The molecule has 0 amide bonds. The van der Waals surface area contributed by atoms with Crippen LogP contribution >= 0.6 is 11.6 Å². The van der Waals surface area contributed by atoms with E-state index < -0.39 is 0 Å². The Kier molecular flexibility index (Phi) is 4.94. The summed E-state index contributed by atoms with van der Waals surface area (Å²) in [5.74, 6) is 0.710. The second-order valence-electron chi connectivity index (χ2n) is 5.75. The summed E-state index contributed by atoms with van der Waals surface area (Å²) in [6.07, 6.45) is 0. The topological polar surface area (TPSA) is 35.9 Å². The van der Waals surface area contributed by atoms with Crippen LogP contribution in [0.25, 0.3) is 0 Å². The van der Waals surface area contributed by atoms with Gasteiger partial charge in [0, 0.05) is 43.4 Å².